The molecule has 124 valence electrons. The second kappa shape index (κ2) is 8.47. The maximum atomic E-state index is 8.96. The van der Waals surface area contributed by atoms with Crippen LogP contribution in [0.3, 0.4) is 0 Å². The van der Waals surface area contributed by atoms with Crippen molar-refractivity contribution >= 4 is 11.1 Å². The van der Waals surface area contributed by atoms with E-state index in [9.17, 15) is 0 Å². The van der Waals surface area contributed by atoms with Crippen LogP contribution in [0.5, 0.6) is 0 Å². The number of allylic oxidation sites excluding steroid dienone is 8. The molecule has 2 aromatic rings. The van der Waals surface area contributed by atoms with Crippen LogP contribution in [0.4, 0.5) is 0 Å². The first-order valence-corrected chi connectivity index (χ1v) is 8.03. The molecule has 0 fully saturated rings. The lowest BCUT2D eigenvalue weighted by Gasteiger charge is -2.03. The highest BCUT2D eigenvalue weighted by molar-refractivity contribution is 5.85. The molecule has 1 aromatic carbocycles. The molecule has 0 unspecified atom stereocenters. The Morgan fingerprint density at radius 2 is 1.88 bits per heavy atom. The highest BCUT2D eigenvalue weighted by atomic mass is 14.9. The Bertz CT molecular complexity index is 898. The summed E-state index contributed by atoms with van der Waals surface area (Å²) in [5.74, 6) is 0.746. The number of hydrogen-bond donors (Lipinski definition) is 1. The van der Waals surface area contributed by atoms with Crippen LogP contribution in [0.15, 0.2) is 73.9 Å². The third-order valence-electron chi connectivity index (χ3n) is 3.73. The van der Waals surface area contributed by atoms with Crippen molar-refractivity contribution in [1.82, 2.24) is 9.97 Å². The van der Waals surface area contributed by atoms with Crippen molar-refractivity contribution in [3.05, 3.63) is 90.8 Å². The molecule has 3 nitrogen and oxygen atoms in total. The zero-order valence-electron chi connectivity index (χ0n) is 14.6. The third-order valence-corrected chi connectivity index (χ3v) is 3.73. The maximum Gasteiger partial charge on any atom is 0.138 e. The Morgan fingerprint density at radius 1 is 1.16 bits per heavy atom. The van der Waals surface area contributed by atoms with E-state index in [2.05, 4.69) is 24.2 Å². The van der Waals surface area contributed by atoms with Gasteiger partial charge in [-0.05, 0) is 49.3 Å². The van der Waals surface area contributed by atoms with Crippen LogP contribution in [-0.4, -0.2) is 9.97 Å². The maximum absolute atomic E-state index is 8.96. The van der Waals surface area contributed by atoms with Crippen molar-refractivity contribution in [2.24, 2.45) is 0 Å². The average molecular weight is 327 g/mol. The lowest BCUT2D eigenvalue weighted by Crippen LogP contribution is -1.89. The Hall–Kier alpha value is -3.38. The number of hydrogen-bond acceptors (Lipinski definition) is 2. The lowest BCUT2D eigenvalue weighted by atomic mass is 10.0. The van der Waals surface area contributed by atoms with Crippen molar-refractivity contribution in [3.63, 3.8) is 0 Å². The Morgan fingerprint density at radius 3 is 2.40 bits per heavy atom. The molecule has 0 saturated carbocycles. The van der Waals surface area contributed by atoms with Gasteiger partial charge in [0, 0.05) is 5.56 Å². The lowest BCUT2D eigenvalue weighted by molar-refractivity contribution is 1.29. The summed E-state index contributed by atoms with van der Waals surface area (Å²) in [4.78, 5) is 8.18. The fourth-order valence-corrected chi connectivity index (χ4v) is 2.50. The van der Waals surface area contributed by atoms with Gasteiger partial charge in [0.25, 0.3) is 0 Å². The predicted molar refractivity (Wildman–Crippen MR) is 106 cm³/mol. The fraction of sp³-hybridized carbons (Fsp3) is 0.0909. The number of nitrogens with zero attached hydrogens (tertiary/aromatic N) is 2. The van der Waals surface area contributed by atoms with Crippen LogP contribution >= 0.6 is 0 Å². The van der Waals surface area contributed by atoms with Gasteiger partial charge in [-0.1, -0.05) is 49.6 Å². The van der Waals surface area contributed by atoms with Crippen molar-refractivity contribution in [2.45, 2.75) is 13.8 Å². The number of nitriles is 1. The number of imidazole rings is 1. The zero-order chi connectivity index (χ0) is 18.2. The number of benzene rings is 1. The van der Waals surface area contributed by atoms with Crippen molar-refractivity contribution in [1.29, 1.82) is 5.26 Å². The van der Waals surface area contributed by atoms with Crippen LogP contribution in [0.1, 0.15) is 30.8 Å². The van der Waals surface area contributed by atoms with Gasteiger partial charge in [0.2, 0.25) is 0 Å². The molecule has 0 amide bonds. The number of nitrogens with one attached hydrogen (secondary N) is 1. The molecular weight excluding hydrogens is 306 g/mol. The first-order valence-electron chi connectivity index (χ1n) is 8.03. The molecule has 1 heterocycles. The quantitative estimate of drug-likeness (QED) is 0.694. The monoisotopic (exact) mass is 327 g/mol. The molecule has 25 heavy (non-hydrogen) atoms. The van der Waals surface area contributed by atoms with E-state index in [0.717, 1.165) is 33.9 Å². The summed E-state index contributed by atoms with van der Waals surface area (Å²) in [5.41, 5.74) is 5.22. The highest BCUT2D eigenvalue weighted by Gasteiger charge is 2.15. The van der Waals surface area contributed by atoms with E-state index in [0.29, 0.717) is 5.56 Å². The first-order chi connectivity index (χ1) is 12.2. The number of rotatable bonds is 6. The van der Waals surface area contributed by atoms with Gasteiger partial charge in [-0.2, -0.15) is 5.26 Å². The van der Waals surface area contributed by atoms with E-state index in [-0.39, 0.29) is 0 Å². The highest BCUT2D eigenvalue weighted by Crippen LogP contribution is 2.29. The normalized spacial score (nSPS) is 12.2. The summed E-state index contributed by atoms with van der Waals surface area (Å²) >= 11 is 0. The summed E-state index contributed by atoms with van der Waals surface area (Å²) in [7, 11) is 0. The van der Waals surface area contributed by atoms with Gasteiger partial charge in [0.15, 0.2) is 0 Å². The van der Waals surface area contributed by atoms with Gasteiger partial charge >= 0.3 is 0 Å². The van der Waals surface area contributed by atoms with E-state index in [1.165, 1.54) is 0 Å². The standard InChI is InChI=1S/C22H21N3/c1-5-9-17(7-3)20-21(18(8-4)10-6-2)25-22(24-20)19-13-11-16(15-23)12-14-19/h5-14H,1,3H2,2,4H3,(H,24,25). The SMILES string of the molecule is C=CC=C(C=C)c1[nH]c(-c2ccc(C#N)cc2)nc1C(C=CC)=CC. The van der Waals surface area contributed by atoms with Gasteiger partial charge < -0.3 is 4.98 Å². The summed E-state index contributed by atoms with van der Waals surface area (Å²) < 4.78 is 0. The first kappa shape index (κ1) is 18.0. The number of aromatic nitrogens is 2. The summed E-state index contributed by atoms with van der Waals surface area (Å²) in [5, 5.41) is 8.96. The minimum atomic E-state index is 0.622. The smallest absolute Gasteiger partial charge is 0.138 e. The molecule has 0 spiro atoms. The molecule has 1 N–H and O–H groups in total. The topological polar surface area (TPSA) is 52.5 Å². The van der Waals surface area contributed by atoms with Crippen LogP contribution in [-0.2, 0) is 0 Å². The Kier molecular flexibility index (Phi) is 6.08. The molecule has 2 rings (SSSR count). The minimum absolute atomic E-state index is 0.622. The van der Waals surface area contributed by atoms with Crippen molar-refractivity contribution in [2.75, 3.05) is 0 Å². The molecule has 0 saturated heterocycles. The minimum Gasteiger partial charge on any atom is -0.337 e. The average Bonchev–Trinajstić information content (AvgIpc) is 3.09. The molecule has 0 bridgehead atoms. The largest absolute Gasteiger partial charge is 0.337 e. The molecular formula is C22H21N3. The Balaban J connectivity index is 2.66. The van der Waals surface area contributed by atoms with E-state index in [1.807, 2.05) is 50.3 Å². The molecule has 0 aliphatic rings. The molecule has 1 aromatic heterocycles. The summed E-state index contributed by atoms with van der Waals surface area (Å²) in [6.45, 7) is 11.6. The molecule has 3 heteroatoms. The van der Waals surface area contributed by atoms with Crippen LogP contribution in [0.2, 0.25) is 0 Å². The molecule has 0 radical (unpaired) electrons. The molecule has 0 aliphatic carbocycles. The van der Waals surface area contributed by atoms with Gasteiger partial charge in [-0.25, -0.2) is 4.98 Å². The fourth-order valence-electron chi connectivity index (χ4n) is 2.50. The van der Waals surface area contributed by atoms with Crippen molar-refractivity contribution < 1.29 is 0 Å². The predicted octanol–water partition coefficient (Wildman–Crippen LogP) is 5.68. The van der Waals surface area contributed by atoms with E-state index < -0.39 is 0 Å². The van der Waals surface area contributed by atoms with Crippen LogP contribution in [0.25, 0.3) is 22.5 Å². The number of aromatic amines is 1. The van der Waals surface area contributed by atoms with Crippen LogP contribution in [0, 0.1) is 11.3 Å². The van der Waals surface area contributed by atoms with Gasteiger partial charge in [0.05, 0.1) is 23.0 Å². The second-order valence-corrected chi connectivity index (χ2v) is 5.30. The van der Waals surface area contributed by atoms with E-state index >= 15 is 0 Å². The molecule has 0 aliphatic heterocycles. The zero-order valence-corrected chi connectivity index (χ0v) is 14.6. The molecule has 0 atom stereocenters. The van der Waals surface area contributed by atoms with E-state index in [4.69, 9.17) is 10.2 Å². The summed E-state index contributed by atoms with van der Waals surface area (Å²) in [6, 6.07) is 9.48. The Labute approximate surface area is 149 Å². The van der Waals surface area contributed by atoms with Gasteiger partial charge in [-0.3, -0.25) is 0 Å². The van der Waals surface area contributed by atoms with Crippen molar-refractivity contribution in [3.8, 4) is 17.5 Å². The van der Waals surface area contributed by atoms with E-state index in [1.54, 1.807) is 24.3 Å². The van der Waals surface area contributed by atoms with Gasteiger partial charge in [0.1, 0.15) is 5.82 Å². The third kappa shape index (κ3) is 3.94. The second-order valence-electron chi connectivity index (χ2n) is 5.30. The summed E-state index contributed by atoms with van der Waals surface area (Å²) in [6.07, 6.45) is 11.4. The number of H-pyrrole nitrogens is 1. The van der Waals surface area contributed by atoms with Crippen LogP contribution < -0.4 is 0 Å². The van der Waals surface area contributed by atoms with Gasteiger partial charge in [-0.15, -0.1) is 0 Å².